The van der Waals surface area contributed by atoms with Gasteiger partial charge in [-0.2, -0.15) is 0 Å². The number of rotatable bonds is 12. The van der Waals surface area contributed by atoms with Crippen molar-refractivity contribution >= 4 is 17.6 Å². The highest BCUT2D eigenvalue weighted by Crippen LogP contribution is 2.50. The number of benzene rings is 2. The number of aryl methyl sites for hydroxylation is 1. The quantitative estimate of drug-likeness (QED) is 0.343. The first-order chi connectivity index (χ1) is 19.8. The van der Waals surface area contributed by atoms with Crippen molar-refractivity contribution in [3.05, 3.63) is 65.2 Å². The van der Waals surface area contributed by atoms with Crippen molar-refractivity contribution in [3.63, 3.8) is 0 Å². The Bertz CT molecular complexity index is 1180. The number of hydrogen-bond donors (Lipinski definition) is 1. The van der Waals surface area contributed by atoms with Crippen molar-refractivity contribution in [2.45, 2.75) is 78.9 Å². The highest BCUT2D eigenvalue weighted by atomic mass is 16.5. The SMILES string of the molecule is CCCC(NC(=O)C1C(=O)C(CC)(CC)[C@@H]1Oc1ccc(C(=O)N2CCN(CCC)CC2)cc1)c1ccc(C)cc1. The molecule has 2 aromatic rings. The van der Waals surface area contributed by atoms with Crippen molar-refractivity contribution in [2.24, 2.45) is 11.3 Å². The summed E-state index contributed by atoms with van der Waals surface area (Å²) in [6.45, 7) is 14.6. The maximum atomic E-state index is 13.6. The van der Waals surface area contributed by atoms with E-state index < -0.39 is 17.4 Å². The average molecular weight is 562 g/mol. The fourth-order valence-corrected chi connectivity index (χ4v) is 6.42. The van der Waals surface area contributed by atoms with Gasteiger partial charge in [0, 0.05) is 31.7 Å². The highest BCUT2D eigenvalue weighted by molar-refractivity contribution is 6.10. The number of hydrogen-bond acceptors (Lipinski definition) is 5. The van der Waals surface area contributed by atoms with Crippen LogP contribution in [0.4, 0.5) is 0 Å². The minimum absolute atomic E-state index is 0.0262. The number of amides is 2. The Balaban J connectivity index is 1.46. The van der Waals surface area contributed by atoms with E-state index in [1.54, 1.807) is 24.3 Å². The first kappa shape index (κ1) is 30.8. The first-order valence-corrected chi connectivity index (χ1v) is 15.5. The third-order valence-corrected chi connectivity index (χ3v) is 9.10. The molecule has 1 N–H and O–H groups in total. The molecule has 3 atom stereocenters. The Morgan fingerprint density at radius 2 is 1.56 bits per heavy atom. The van der Waals surface area contributed by atoms with Gasteiger partial charge in [-0.3, -0.25) is 19.3 Å². The molecule has 0 radical (unpaired) electrons. The van der Waals surface area contributed by atoms with E-state index in [-0.39, 0.29) is 23.6 Å². The van der Waals surface area contributed by atoms with E-state index in [0.29, 0.717) is 24.2 Å². The van der Waals surface area contributed by atoms with Crippen LogP contribution in [0.25, 0.3) is 0 Å². The van der Waals surface area contributed by atoms with Crippen LogP contribution in [0.3, 0.4) is 0 Å². The molecule has 1 aliphatic carbocycles. The van der Waals surface area contributed by atoms with Gasteiger partial charge in [-0.1, -0.05) is 63.9 Å². The first-order valence-electron chi connectivity index (χ1n) is 15.5. The van der Waals surface area contributed by atoms with Gasteiger partial charge in [0.05, 0.1) is 11.5 Å². The van der Waals surface area contributed by atoms with Crippen LogP contribution in [0.15, 0.2) is 48.5 Å². The Hall–Kier alpha value is -3.19. The second-order valence-corrected chi connectivity index (χ2v) is 11.7. The fourth-order valence-electron chi connectivity index (χ4n) is 6.42. The molecule has 2 fully saturated rings. The van der Waals surface area contributed by atoms with E-state index in [1.165, 1.54) is 0 Å². The third-order valence-electron chi connectivity index (χ3n) is 9.10. The van der Waals surface area contributed by atoms with Gasteiger partial charge in [0.2, 0.25) is 5.91 Å². The number of nitrogens with zero attached hydrogens (tertiary/aromatic N) is 2. The van der Waals surface area contributed by atoms with E-state index in [0.717, 1.165) is 63.1 Å². The number of carbonyl (C=O) groups is 3. The van der Waals surface area contributed by atoms with Crippen LogP contribution in [0.2, 0.25) is 0 Å². The van der Waals surface area contributed by atoms with Crippen LogP contribution in [-0.4, -0.2) is 66.2 Å². The molecule has 1 saturated heterocycles. The number of ketones is 1. The average Bonchev–Trinajstić information content (AvgIpc) is 2.98. The van der Waals surface area contributed by atoms with Crippen molar-refractivity contribution < 1.29 is 19.1 Å². The normalized spacial score (nSPS) is 21.2. The molecule has 0 aromatic heterocycles. The number of nitrogens with one attached hydrogen (secondary N) is 1. The summed E-state index contributed by atoms with van der Waals surface area (Å²) in [7, 11) is 0. The molecule has 2 aliphatic rings. The van der Waals surface area contributed by atoms with Gasteiger partial charge in [-0.05, 0) is 69.0 Å². The summed E-state index contributed by atoms with van der Waals surface area (Å²) in [5, 5.41) is 3.17. The van der Waals surface area contributed by atoms with Crippen molar-refractivity contribution in [1.82, 2.24) is 15.1 Å². The van der Waals surface area contributed by atoms with E-state index in [9.17, 15) is 14.4 Å². The van der Waals surface area contributed by atoms with Gasteiger partial charge in [0.1, 0.15) is 17.8 Å². The van der Waals surface area contributed by atoms with Crippen LogP contribution >= 0.6 is 0 Å². The molecule has 7 heteroatoms. The van der Waals surface area contributed by atoms with Gasteiger partial charge >= 0.3 is 0 Å². The Labute approximate surface area is 245 Å². The zero-order valence-electron chi connectivity index (χ0n) is 25.4. The molecular weight excluding hydrogens is 514 g/mol. The lowest BCUT2D eigenvalue weighted by molar-refractivity contribution is -0.173. The summed E-state index contributed by atoms with van der Waals surface area (Å²) in [6.07, 6.45) is 3.47. The molecule has 0 spiro atoms. The summed E-state index contributed by atoms with van der Waals surface area (Å²) in [4.78, 5) is 44.5. The summed E-state index contributed by atoms with van der Waals surface area (Å²) < 4.78 is 6.42. The molecule has 0 bridgehead atoms. The molecule has 2 aromatic carbocycles. The summed E-state index contributed by atoms with van der Waals surface area (Å²) in [6, 6.07) is 15.2. The molecule has 1 aliphatic heterocycles. The van der Waals surface area contributed by atoms with Gasteiger partial charge in [0.15, 0.2) is 5.78 Å². The molecular formula is C34H47N3O4. The molecule has 222 valence electrons. The lowest BCUT2D eigenvalue weighted by atomic mass is 9.55. The lowest BCUT2D eigenvalue weighted by Crippen LogP contribution is -2.68. The monoisotopic (exact) mass is 561 g/mol. The van der Waals surface area contributed by atoms with E-state index >= 15 is 0 Å². The Morgan fingerprint density at radius 3 is 2.12 bits per heavy atom. The van der Waals surface area contributed by atoms with E-state index in [2.05, 4.69) is 24.1 Å². The number of ether oxygens (including phenoxy) is 1. The number of carbonyl (C=O) groups excluding carboxylic acids is 3. The molecule has 1 saturated carbocycles. The van der Waals surface area contributed by atoms with Gasteiger partial charge in [0.25, 0.3) is 5.91 Å². The highest BCUT2D eigenvalue weighted by Gasteiger charge is 2.64. The maximum Gasteiger partial charge on any atom is 0.253 e. The van der Waals surface area contributed by atoms with Crippen LogP contribution in [0.5, 0.6) is 5.75 Å². The Morgan fingerprint density at radius 1 is 0.927 bits per heavy atom. The summed E-state index contributed by atoms with van der Waals surface area (Å²) >= 11 is 0. The Kier molecular flexibility index (Phi) is 10.2. The van der Waals surface area contributed by atoms with Crippen LogP contribution in [0, 0.1) is 18.3 Å². The summed E-state index contributed by atoms with van der Waals surface area (Å²) in [5.41, 5.74) is 2.13. The third kappa shape index (κ3) is 6.50. The topological polar surface area (TPSA) is 78.9 Å². The predicted molar refractivity (Wildman–Crippen MR) is 162 cm³/mol. The molecule has 2 unspecified atom stereocenters. The van der Waals surface area contributed by atoms with Crippen LogP contribution < -0.4 is 10.1 Å². The van der Waals surface area contributed by atoms with Gasteiger partial charge in [-0.15, -0.1) is 0 Å². The zero-order chi connectivity index (χ0) is 29.6. The van der Waals surface area contributed by atoms with Crippen molar-refractivity contribution in [1.29, 1.82) is 0 Å². The van der Waals surface area contributed by atoms with Crippen LogP contribution in [0.1, 0.15) is 87.3 Å². The largest absolute Gasteiger partial charge is 0.488 e. The second-order valence-electron chi connectivity index (χ2n) is 11.7. The molecule has 1 heterocycles. The number of piperazine rings is 1. The van der Waals surface area contributed by atoms with Crippen molar-refractivity contribution in [2.75, 3.05) is 32.7 Å². The van der Waals surface area contributed by atoms with Crippen LogP contribution in [-0.2, 0) is 9.59 Å². The molecule has 4 rings (SSSR count). The second kappa shape index (κ2) is 13.6. The minimum Gasteiger partial charge on any atom is -0.488 e. The zero-order valence-corrected chi connectivity index (χ0v) is 25.4. The minimum atomic E-state index is -0.861. The van der Waals surface area contributed by atoms with Crippen molar-refractivity contribution in [3.8, 4) is 5.75 Å². The molecule has 2 amide bonds. The summed E-state index contributed by atoms with van der Waals surface area (Å²) in [5.74, 6) is -0.581. The standard InChI is InChI=1S/C34H47N3O4/c1-6-10-28(25-13-11-24(5)12-14-25)35-32(39)29-30(38)34(8-3,9-4)31(29)41-27-17-15-26(16-18-27)33(40)37-22-20-36(19-7-2)21-23-37/h11-18,28-29,31H,6-10,19-23H2,1-5H3,(H,35,39)/t28?,29?,31-/m1/s1. The maximum absolute atomic E-state index is 13.6. The van der Waals surface area contributed by atoms with Gasteiger partial charge < -0.3 is 15.0 Å². The smallest absolute Gasteiger partial charge is 0.253 e. The van der Waals surface area contributed by atoms with Gasteiger partial charge in [-0.25, -0.2) is 0 Å². The fraction of sp³-hybridized carbons (Fsp3) is 0.559. The lowest BCUT2D eigenvalue weighted by Gasteiger charge is -2.51. The molecule has 41 heavy (non-hydrogen) atoms. The molecule has 7 nitrogen and oxygen atoms in total. The van der Waals surface area contributed by atoms with E-state index in [1.807, 2.05) is 49.9 Å². The predicted octanol–water partition coefficient (Wildman–Crippen LogP) is 5.57. The number of Topliss-reactive ketones (excluding diaryl/α,β-unsaturated/α-hetero) is 1. The van der Waals surface area contributed by atoms with E-state index in [4.69, 9.17) is 4.74 Å².